The van der Waals surface area contributed by atoms with Gasteiger partial charge in [-0.2, -0.15) is 16.9 Å². The van der Waals surface area contributed by atoms with Crippen LogP contribution >= 0.6 is 11.8 Å². The molecule has 0 amide bonds. The van der Waals surface area contributed by atoms with Crippen molar-refractivity contribution in [2.45, 2.75) is 51.7 Å². The van der Waals surface area contributed by atoms with Crippen LogP contribution in [0.3, 0.4) is 0 Å². The zero-order valence-electron chi connectivity index (χ0n) is 11.9. The summed E-state index contributed by atoms with van der Waals surface area (Å²) in [5, 5.41) is 20.9. The number of oxime groups is 1. The van der Waals surface area contributed by atoms with Crippen LogP contribution in [0.1, 0.15) is 50.6 Å². The molecule has 0 fully saturated rings. The van der Waals surface area contributed by atoms with Gasteiger partial charge >= 0.3 is 0 Å². The van der Waals surface area contributed by atoms with E-state index in [0.717, 1.165) is 54.1 Å². The first-order chi connectivity index (χ1) is 9.19. The van der Waals surface area contributed by atoms with Gasteiger partial charge in [0.25, 0.3) is 0 Å². The molecule has 2 N–H and O–H groups in total. The monoisotopic (exact) mass is 281 g/mol. The summed E-state index contributed by atoms with van der Waals surface area (Å²) in [5.41, 5.74) is 4.05. The standard InChI is InChI=1S/C14H23N3OS/c1-4-11-14-12(16-15-11)7-10(8-13(14)17-18)6-9(3)19-5-2/h9-10,18H,4-8H2,1-3H3,(H,15,16)/b17-13+/t9-,10-/m1/s1. The summed E-state index contributed by atoms with van der Waals surface area (Å²) in [6, 6.07) is 0. The molecule has 19 heavy (non-hydrogen) atoms. The number of rotatable bonds is 5. The molecule has 1 heterocycles. The highest BCUT2D eigenvalue weighted by Crippen LogP contribution is 2.32. The molecule has 106 valence electrons. The predicted molar refractivity (Wildman–Crippen MR) is 80.3 cm³/mol. The predicted octanol–water partition coefficient (Wildman–Crippen LogP) is 3.24. The van der Waals surface area contributed by atoms with Crippen LogP contribution in [0.25, 0.3) is 0 Å². The summed E-state index contributed by atoms with van der Waals surface area (Å²) in [4.78, 5) is 0. The Morgan fingerprint density at radius 2 is 2.26 bits per heavy atom. The molecule has 1 aliphatic carbocycles. The van der Waals surface area contributed by atoms with E-state index >= 15 is 0 Å². The first kappa shape index (κ1) is 14.4. The number of hydrogen-bond acceptors (Lipinski definition) is 4. The average molecular weight is 281 g/mol. The largest absolute Gasteiger partial charge is 0.411 e. The van der Waals surface area contributed by atoms with E-state index in [1.165, 1.54) is 0 Å². The highest BCUT2D eigenvalue weighted by molar-refractivity contribution is 7.99. The highest BCUT2D eigenvalue weighted by atomic mass is 32.2. The van der Waals surface area contributed by atoms with Gasteiger partial charge in [-0.3, -0.25) is 5.10 Å². The lowest BCUT2D eigenvalue weighted by Crippen LogP contribution is -2.23. The number of thioether (sulfide) groups is 1. The Bertz CT molecular complexity index is 456. The number of aryl methyl sites for hydroxylation is 1. The molecule has 0 unspecified atom stereocenters. The number of aromatic nitrogens is 2. The molecule has 0 bridgehead atoms. The minimum atomic E-state index is 0.553. The second-order valence-corrected chi connectivity index (χ2v) is 6.92. The van der Waals surface area contributed by atoms with E-state index in [-0.39, 0.29) is 0 Å². The van der Waals surface area contributed by atoms with Crippen LogP contribution in [0.2, 0.25) is 0 Å². The van der Waals surface area contributed by atoms with Gasteiger partial charge in [0.1, 0.15) is 0 Å². The minimum Gasteiger partial charge on any atom is -0.411 e. The molecular formula is C14H23N3OS. The normalized spacial score (nSPS) is 22.5. The molecule has 0 saturated heterocycles. The number of nitrogens with one attached hydrogen (secondary N) is 1. The molecule has 0 spiro atoms. The third kappa shape index (κ3) is 3.14. The Kier molecular flexibility index (Phi) is 4.91. The van der Waals surface area contributed by atoms with Gasteiger partial charge in [0.15, 0.2) is 0 Å². The zero-order chi connectivity index (χ0) is 13.8. The molecule has 0 aromatic carbocycles. The van der Waals surface area contributed by atoms with E-state index in [4.69, 9.17) is 0 Å². The topological polar surface area (TPSA) is 61.3 Å². The number of fused-ring (bicyclic) bond motifs is 1. The van der Waals surface area contributed by atoms with Gasteiger partial charge < -0.3 is 5.21 Å². The third-order valence-corrected chi connectivity index (χ3v) is 4.85. The van der Waals surface area contributed by atoms with Gasteiger partial charge in [0.2, 0.25) is 0 Å². The van der Waals surface area contributed by atoms with Crippen molar-refractivity contribution >= 4 is 17.5 Å². The molecule has 2 rings (SSSR count). The van der Waals surface area contributed by atoms with E-state index in [9.17, 15) is 5.21 Å². The molecule has 4 nitrogen and oxygen atoms in total. The van der Waals surface area contributed by atoms with E-state index in [2.05, 4.69) is 36.1 Å². The second-order valence-electron chi connectivity index (χ2n) is 5.20. The molecule has 0 saturated carbocycles. The van der Waals surface area contributed by atoms with Crippen molar-refractivity contribution in [2.24, 2.45) is 11.1 Å². The van der Waals surface area contributed by atoms with Crippen molar-refractivity contribution in [3.05, 3.63) is 17.0 Å². The van der Waals surface area contributed by atoms with Crippen LogP contribution in [0.4, 0.5) is 0 Å². The maximum absolute atomic E-state index is 9.27. The Morgan fingerprint density at radius 1 is 1.47 bits per heavy atom. The number of nitrogens with zero attached hydrogens (tertiary/aromatic N) is 2. The van der Waals surface area contributed by atoms with Crippen molar-refractivity contribution in [1.82, 2.24) is 10.2 Å². The highest BCUT2D eigenvalue weighted by Gasteiger charge is 2.29. The quantitative estimate of drug-likeness (QED) is 0.643. The average Bonchev–Trinajstić information content (AvgIpc) is 2.81. The van der Waals surface area contributed by atoms with Gasteiger partial charge in [-0.15, -0.1) is 0 Å². The fourth-order valence-electron chi connectivity index (χ4n) is 2.98. The Balaban J connectivity index is 2.14. The summed E-state index contributed by atoms with van der Waals surface area (Å²) in [5.74, 6) is 1.71. The fourth-order valence-corrected chi connectivity index (χ4v) is 3.96. The maximum atomic E-state index is 9.27. The first-order valence-electron chi connectivity index (χ1n) is 7.08. The van der Waals surface area contributed by atoms with Crippen LogP contribution in [-0.4, -0.2) is 32.1 Å². The van der Waals surface area contributed by atoms with E-state index < -0.39 is 0 Å². The van der Waals surface area contributed by atoms with E-state index in [1.54, 1.807) is 0 Å². The summed E-state index contributed by atoms with van der Waals surface area (Å²) >= 11 is 2.00. The van der Waals surface area contributed by atoms with Gasteiger partial charge in [0.05, 0.1) is 11.4 Å². The van der Waals surface area contributed by atoms with Gasteiger partial charge in [-0.1, -0.05) is 25.9 Å². The lowest BCUT2D eigenvalue weighted by Gasteiger charge is -2.25. The molecule has 5 heteroatoms. The van der Waals surface area contributed by atoms with Crippen molar-refractivity contribution in [3.63, 3.8) is 0 Å². The molecule has 1 aliphatic rings. The SMILES string of the molecule is CCS[C@H](C)C[C@H]1C/C(=N\O)c2c(CC)n[nH]c2C1. The van der Waals surface area contributed by atoms with E-state index in [1.807, 2.05) is 11.8 Å². The lowest BCUT2D eigenvalue weighted by molar-refractivity contribution is 0.314. The molecular weight excluding hydrogens is 258 g/mol. The molecule has 0 radical (unpaired) electrons. The number of H-pyrrole nitrogens is 1. The van der Waals surface area contributed by atoms with Crippen LogP contribution in [0.5, 0.6) is 0 Å². The minimum absolute atomic E-state index is 0.553. The van der Waals surface area contributed by atoms with Crippen molar-refractivity contribution in [3.8, 4) is 0 Å². The Morgan fingerprint density at radius 3 is 2.89 bits per heavy atom. The molecule has 2 atom stereocenters. The smallest absolute Gasteiger partial charge is 0.0907 e. The number of aromatic amines is 1. The Labute approximate surface area is 119 Å². The van der Waals surface area contributed by atoms with E-state index in [0.29, 0.717) is 11.2 Å². The van der Waals surface area contributed by atoms with Crippen LogP contribution in [-0.2, 0) is 12.8 Å². The molecule has 1 aromatic heterocycles. The van der Waals surface area contributed by atoms with Crippen LogP contribution in [0, 0.1) is 5.92 Å². The number of hydrogen-bond donors (Lipinski definition) is 2. The van der Waals surface area contributed by atoms with Crippen molar-refractivity contribution < 1.29 is 5.21 Å². The molecule has 0 aliphatic heterocycles. The summed E-state index contributed by atoms with van der Waals surface area (Å²) < 4.78 is 0. The summed E-state index contributed by atoms with van der Waals surface area (Å²) in [7, 11) is 0. The second kappa shape index (κ2) is 6.46. The third-order valence-electron chi connectivity index (χ3n) is 3.75. The first-order valence-corrected chi connectivity index (χ1v) is 8.13. The van der Waals surface area contributed by atoms with Crippen molar-refractivity contribution in [1.29, 1.82) is 0 Å². The van der Waals surface area contributed by atoms with Crippen LogP contribution in [0.15, 0.2) is 5.16 Å². The summed E-state index contributed by atoms with van der Waals surface area (Å²) in [6.07, 6.45) is 3.93. The van der Waals surface area contributed by atoms with Gasteiger partial charge in [0, 0.05) is 16.5 Å². The maximum Gasteiger partial charge on any atom is 0.0907 e. The zero-order valence-corrected chi connectivity index (χ0v) is 12.8. The van der Waals surface area contributed by atoms with Crippen LogP contribution < -0.4 is 0 Å². The summed E-state index contributed by atoms with van der Waals surface area (Å²) in [6.45, 7) is 6.56. The lowest BCUT2D eigenvalue weighted by atomic mass is 9.82. The fraction of sp³-hybridized carbons (Fsp3) is 0.714. The molecule has 1 aromatic rings. The van der Waals surface area contributed by atoms with Gasteiger partial charge in [-0.05, 0) is 37.4 Å². The van der Waals surface area contributed by atoms with Crippen molar-refractivity contribution in [2.75, 3.05) is 5.75 Å². The van der Waals surface area contributed by atoms with Gasteiger partial charge in [-0.25, -0.2) is 0 Å². The Hall–Kier alpha value is -0.970.